The fourth-order valence-corrected chi connectivity index (χ4v) is 3.65. The number of carboxylic acid groups (broad SMARTS) is 1. The second-order valence-electron chi connectivity index (χ2n) is 6.81. The number of rotatable bonds is 7. The molecule has 0 bridgehead atoms. The van der Waals surface area contributed by atoms with Crippen LogP contribution in [0.25, 0.3) is 0 Å². The molecule has 132 valence electrons. The van der Waals surface area contributed by atoms with Crippen LogP contribution in [-0.2, 0) is 6.42 Å². The lowest BCUT2D eigenvalue weighted by Gasteiger charge is -2.28. The molecule has 0 unspecified atom stereocenters. The van der Waals surface area contributed by atoms with E-state index in [2.05, 4.69) is 12.2 Å². The minimum atomic E-state index is -1.56. The Hall–Kier alpha value is -1.71. The zero-order valence-corrected chi connectivity index (χ0v) is 14.2. The minimum Gasteiger partial charge on any atom is -0.477 e. The Kier molecular flexibility index (Phi) is 6.95. The molecule has 24 heavy (non-hydrogen) atoms. The number of hydrogen-bond acceptors (Lipinski definition) is 1. The maximum absolute atomic E-state index is 13.7. The molecule has 1 fully saturated rings. The van der Waals surface area contributed by atoms with Crippen LogP contribution in [0.15, 0.2) is 24.3 Å². The number of benzene rings is 1. The Bertz CT molecular complexity index is 564. The molecule has 0 spiro atoms. The summed E-state index contributed by atoms with van der Waals surface area (Å²) >= 11 is 0. The summed E-state index contributed by atoms with van der Waals surface area (Å²) in [5.41, 5.74) is -0.314. The molecule has 1 N–H and O–H groups in total. The predicted molar refractivity (Wildman–Crippen MR) is 91.1 cm³/mol. The number of halogens is 2. The van der Waals surface area contributed by atoms with Gasteiger partial charge in [-0.25, -0.2) is 13.6 Å². The maximum atomic E-state index is 13.7. The number of aryl methyl sites for hydroxylation is 1. The Labute approximate surface area is 142 Å². The van der Waals surface area contributed by atoms with Gasteiger partial charge in [-0.3, -0.25) is 0 Å². The van der Waals surface area contributed by atoms with Gasteiger partial charge in [0.05, 0.1) is 0 Å². The van der Waals surface area contributed by atoms with Crippen LogP contribution in [0.1, 0.15) is 67.8 Å². The maximum Gasteiger partial charge on any atom is 0.341 e. The van der Waals surface area contributed by atoms with Crippen LogP contribution in [0.3, 0.4) is 0 Å². The van der Waals surface area contributed by atoms with E-state index in [0.29, 0.717) is 17.9 Å². The first-order chi connectivity index (χ1) is 11.5. The number of carboxylic acids is 1. The van der Waals surface area contributed by atoms with Crippen molar-refractivity contribution >= 4 is 5.97 Å². The highest BCUT2D eigenvalue weighted by molar-refractivity contribution is 5.88. The third-order valence-corrected chi connectivity index (χ3v) is 5.10. The van der Waals surface area contributed by atoms with E-state index in [-0.39, 0.29) is 0 Å². The van der Waals surface area contributed by atoms with Crippen molar-refractivity contribution in [3.05, 3.63) is 47.0 Å². The summed E-state index contributed by atoms with van der Waals surface area (Å²) < 4.78 is 27.4. The molecule has 2 rings (SSSR count). The van der Waals surface area contributed by atoms with Gasteiger partial charge in [-0.05, 0) is 62.1 Å². The van der Waals surface area contributed by atoms with E-state index in [1.54, 1.807) is 0 Å². The highest BCUT2D eigenvalue weighted by Crippen LogP contribution is 2.34. The molecular weight excluding hydrogens is 310 g/mol. The van der Waals surface area contributed by atoms with E-state index in [9.17, 15) is 13.6 Å². The lowest BCUT2D eigenvalue weighted by molar-refractivity contribution is 0.0686. The normalized spacial score (nSPS) is 21.3. The number of hydrogen-bond donors (Lipinski definition) is 1. The van der Waals surface area contributed by atoms with Gasteiger partial charge >= 0.3 is 5.97 Å². The van der Waals surface area contributed by atoms with Crippen LogP contribution in [0, 0.1) is 23.5 Å². The standard InChI is InChI=1S/C20H26F2O2/c1-2-3-4-5-14-6-8-15(9-7-14)10-11-16-12-17(21)19(20(23)24)18(22)13-16/h2-3,12-15H,4-11H2,1H3,(H,23,24). The lowest BCUT2D eigenvalue weighted by Crippen LogP contribution is -2.15. The van der Waals surface area contributed by atoms with Crippen LogP contribution >= 0.6 is 0 Å². The monoisotopic (exact) mass is 336 g/mol. The molecule has 0 atom stereocenters. The van der Waals surface area contributed by atoms with Gasteiger partial charge in [0.15, 0.2) is 0 Å². The number of allylic oxidation sites excluding steroid dienone is 2. The van der Waals surface area contributed by atoms with Crippen LogP contribution in [0.2, 0.25) is 0 Å². The van der Waals surface area contributed by atoms with Crippen molar-refractivity contribution in [1.82, 2.24) is 0 Å². The highest BCUT2D eigenvalue weighted by Gasteiger charge is 2.22. The molecule has 0 radical (unpaired) electrons. The van der Waals surface area contributed by atoms with Crippen LogP contribution in [-0.4, -0.2) is 11.1 Å². The van der Waals surface area contributed by atoms with Gasteiger partial charge in [-0.15, -0.1) is 0 Å². The molecule has 0 amide bonds. The van der Waals surface area contributed by atoms with Crippen molar-refractivity contribution in [1.29, 1.82) is 0 Å². The fourth-order valence-electron chi connectivity index (χ4n) is 3.65. The second kappa shape index (κ2) is 8.95. The number of aromatic carboxylic acids is 1. The summed E-state index contributed by atoms with van der Waals surface area (Å²) in [5.74, 6) is -2.11. The summed E-state index contributed by atoms with van der Waals surface area (Å²) in [6, 6.07) is 2.32. The molecule has 0 aromatic heterocycles. The topological polar surface area (TPSA) is 37.3 Å². The van der Waals surface area contributed by atoms with Gasteiger partial charge in [0, 0.05) is 0 Å². The Morgan fingerprint density at radius 1 is 1.12 bits per heavy atom. The largest absolute Gasteiger partial charge is 0.477 e. The van der Waals surface area contributed by atoms with E-state index in [1.165, 1.54) is 32.1 Å². The Morgan fingerprint density at radius 3 is 2.17 bits per heavy atom. The molecule has 0 heterocycles. The van der Waals surface area contributed by atoms with E-state index in [0.717, 1.165) is 30.9 Å². The lowest BCUT2D eigenvalue weighted by atomic mass is 9.78. The summed E-state index contributed by atoms with van der Waals surface area (Å²) in [4.78, 5) is 10.8. The third-order valence-electron chi connectivity index (χ3n) is 5.10. The van der Waals surface area contributed by atoms with E-state index in [4.69, 9.17) is 5.11 Å². The second-order valence-corrected chi connectivity index (χ2v) is 6.81. The molecule has 0 aliphatic heterocycles. The molecule has 1 saturated carbocycles. The SMILES string of the molecule is CC=CCCC1CCC(CCc2cc(F)c(C(=O)O)c(F)c2)CC1. The first-order valence-corrected chi connectivity index (χ1v) is 8.83. The average Bonchev–Trinajstić information content (AvgIpc) is 2.53. The highest BCUT2D eigenvalue weighted by atomic mass is 19.1. The molecule has 2 nitrogen and oxygen atoms in total. The first kappa shape index (κ1) is 18.6. The smallest absolute Gasteiger partial charge is 0.341 e. The average molecular weight is 336 g/mol. The fraction of sp³-hybridized carbons (Fsp3) is 0.550. The van der Waals surface area contributed by atoms with E-state index in [1.807, 2.05) is 6.92 Å². The molecule has 1 aliphatic carbocycles. The van der Waals surface area contributed by atoms with E-state index < -0.39 is 23.2 Å². The van der Waals surface area contributed by atoms with Crippen molar-refractivity contribution in [3.63, 3.8) is 0 Å². The Balaban J connectivity index is 1.81. The molecule has 1 aliphatic rings. The summed E-state index contributed by atoms with van der Waals surface area (Å²) in [6.07, 6.45) is 13.1. The van der Waals surface area contributed by atoms with Crippen molar-refractivity contribution in [3.8, 4) is 0 Å². The van der Waals surface area contributed by atoms with Gasteiger partial charge in [0.2, 0.25) is 0 Å². The number of carbonyl (C=O) groups is 1. The summed E-state index contributed by atoms with van der Waals surface area (Å²) in [7, 11) is 0. The van der Waals surface area contributed by atoms with E-state index >= 15 is 0 Å². The van der Waals surface area contributed by atoms with Crippen LogP contribution in [0.5, 0.6) is 0 Å². The molecule has 4 heteroatoms. The summed E-state index contributed by atoms with van der Waals surface area (Å²) in [6.45, 7) is 2.05. The van der Waals surface area contributed by atoms with Crippen molar-refractivity contribution in [2.75, 3.05) is 0 Å². The Morgan fingerprint density at radius 2 is 1.67 bits per heavy atom. The van der Waals surface area contributed by atoms with Crippen molar-refractivity contribution < 1.29 is 18.7 Å². The van der Waals surface area contributed by atoms with Gasteiger partial charge in [-0.2, -0.15) is 0 Å². The zero-order valence-electron chi connectivity index (χ0n) is 14.2. The van der Waals surface area contributed by atoms with Gasteiger partial charge in [0.25, 0.3) is 0 Å². The molecule has 1 aromatic rings. The first-order valence-electron chi connectivity index (χ1n) is 8.83. The predicted octanol–water partition coefficient (Wildman–Crippen LogP) is 5.76. The minimum absolute atomic E-state index is 0.546. The van der Waals surface area contributed by atoms with Crippen molar-refractivity contribution in [2.45, 2.75) is 58.3 Å². The van der Waals surface area contributed by atoms with Crippen LogP contribution in [0.4, 0.5) is 8.78 Å². The molecule has 0 saturated heterocycles. The molecular formula is C20H26F2O2. The molecule has 1 aromatic carbocycles. The zero-order chi connectivity index (χ0) is 17.5. The van der Waals surface area contributed by atoms with Gasteiger partial charge < -0.3 is 5.11 Å². The third kappa shape index (κ3) is 5.15. The summed E-state index contributed by atoms with van der Waals surface area (Å²) in [5, 5.41) is 8.79. The quantitative estimate of drug-likeness (QED) is 0.643. The van der Waals surface area contributed by atoms with Gasteiger partial charge in [0.1, 0.15) is 17.2 Å². The van der Waals surface area contributed by atoms with Crippen LogP contribution < -0.4 is 0 Å². The van der Waals surface area contributed by atoms with Gasteiger partial charge in [-0.1, -0.05) is 37.8 Å². The van der Waals surface area contributed by atoms with Crippen molar-refractivity contribution in [2.24, 2.45) is 11.8 Å².